The van der Waals surface area contributed by atoms with E-state index in [0.717, 1.165) is 59.8 Å². The zero-order valence-electron chi connectivity index (χ0n) is 42.1. The van der Waals surface area contributed by atoms with E-state index < -0.39 is 101 Å². The summed E-state index contributed by atoms with van der Waals surface area (Å²) in [5, 5.41) is 7.91. The van der Waals surface area contributed by atoms with Crippen LogP contribution in [-0.4, -0.2) is 0 Å². The molecule has 10 rings (SSSR count). The van der Waals surface area contributed by atoms with E-state index in [1.165, 1.54) is 0 Å². The van der Waals surface area contributed by atoms with E-state index in [1.54, 1.807) is 4.90 Å². The van der Waals surface area contributed by atoms with Crippen LogP contribution >= 0.6 is 0 Å². The number of rotatable bonds is 6. The van der Waals surface area contributed by atoms with E-state index in [0.29, 0.717) is 11.4 Å². The van der Waals surface area contributed by atoms with Gasteiger partial charge in [0.25, 0.3) is 0 Å². The van der Waals surface area contributed by atoms with Crippen LogP contribution in [0.3, 0.4) is 0 Å². The van der Waals surface area contributed by atoms with Crippen LogP contribution in [0.4, 0.5) is 17.1 Å². The average molecular weight is 701 g/mol. The Bertz CT molecular complexity index is 3670. The molecule has 0 aromatic heterocycles. The molecule has 0 radical (unpaired) electrons. The van der Waals surface area contributed by atoms with E-state index in [1.807, 2.05) is 91.0 Å². The van der Waals surface area contributed by atoms with Gasteiger partial charge in [-0.15, -0.1) is 0 Å². The molecule has 10 aromatic carbocycles. The van der Waals surface area contributed by atoms with Crippen molar-refractivity contribution in [2.45, 2.75) is 6.92 Å². The molecule has 0 aliphatic rings. The van der Waals surface area contributed by atoms with Crippen LogP contribution in [-0.2, 0) is 0 Å². The molecular weight excluding hydrogens is 651 g/mol. The van der Waals surface area contributed by atoms with Gasteiger partial charge in [0.2, 0.25) is 0 Å². The molecule has 1 nitrogen and oxygen atoms in total. The van der Waals surface area contributed by atoms with Crippen LogP contribution in [0.2, 0.25) is 0 Å². The van der Waals surface area contributed by atoms with Gasteiger partial charge in [0.1, 0.15) is 0 Å². The van der Waals surface area contributed by atoms with Gasteiger partial charge in [-0.25, -0.2) is 0 Å². The Labute approximate surface area is 334 Å². The molecule has 0 aliphatic heterocycles. The zero-order chi connectivity index (χ0) is 47.3. The molecule has 0 unspecified atom stereocenters. The van der Waals surface area contributed by atoms with Crippen molar-refractivity contribution in [3.05, 3.63) is 212 Å². The summed E-state index contributed by atoms with van der Waals surface area (Å²) in [6, 6.07) is 33.2. The lowest BCUT2D eigenvalue weighted by atomic mass is 9.92. The number of nitrogens with zero attached hydrogens (tertiary/aromatic N) is 1. The van der Waals surface area contributed by atoms with Crippen molar-refractivity contribution < 1.29 is 17.8 Å². The molecule has 0 heterocycles. The van der Waals surface area contributed by atoms with Crippen molar-refractivity contribution in [3.8, 4) is 33.4 Å². The quantitative estimate of drug-likeness (QED) is 0.156. The first kappa shape index (κ1) is 20.9. The average Bonchev–Trinajstić information content (AvgIpc) is 3.34. The second-order valence-electron chi connectivity index (χ2n) is 13.2. The van der Waals surface area contributed by atoms with Crippen molar-refractivity contribution in [1.29, 1.82) is 0 Å². The van der Waals surface area contributed by atoms with Gasteiger partial charge < -0.3 is 4.90 Å². The number of hydrogen-bond acceptors (Lipinski definition) is 1. The smallest absolute Gasteiger partial charge is 0.0645 e. The lowest BCUT2D eigenvalue weighted by molar-refractivity contribution is 1.30. The minimum absolute atomic E-state index is 0.121. The Morgan fingerprint density at radius 1 is 0.370 bits per heavy atom. The van der Waals surface area contributed by atoms with Gasteiger partial charge in [0, 0.05) is 16.8 Å². The van der Waals surface area contributed by atoms with Crippen LogP contribution in [0.5, 0.6) is 0 Å². The maximum absolute atomic E-state index is 9.68. The standard InChI is InChI=1S/C53H37N/c1-36-19-32-47-43(33-36)34-52(50-17-8-7-15-48(47)50)41-26-30-45(31-27-41)54(53-35-42-13-5-6-14-46(42)49-16-9-10-18-51(49)53)44-28-24-40(25-29-44)39-22-20-38(21-23-39)37-11-3-2-4-12-37/h2-35H,1H3/i2D,3D,4D,11D,12D,20D,21D,22D,23D,24D,25D,28D,29D. The summed E-state index contributed by atoms with van der Waals surface area (Å²) in [6.45, 7) is 2.06. The number of aryl methyl sites for hydroxylation is 1. The van der Waals surface area contributed by atoms with Crippen LogP contribution in [0.15, 0.2) is 206 Å². The second-order valence-corrected chi connectivity index (χ2v) is 13.2. The molecule has 0 atom stereocenters. The summed E-state index contributed by atoms with van der Waals surface area (Å²) in [7, 11) is 0. The third-order valence-electron chi connectivity index (χ3n) is 9.90. The highest BCUT2D eigenvalue weighted by Crippen LogP contribution is 2.43. The van der Waals surface area contributed by atoms with Gasteiger partial charge in [-0.05, 0) is 114 Å². The summed E-state index contributed by atoms with van der Waals surface area (Å²) >= 11 is 0. The van der Waals surface area contributed by atoms with Gasteiger partial charge in [-0.1, -0.05) is 175 Å². The predicted octanol–water partition coefficient (Wildman–Crippen LogP) is 15.1. The number of fused-ring (bicyclic) bond motifs is 6. The summed E-state index contributed by atoms with van der Waals surface area (Å²) in [5.74, 6) is 0. The van der Waals surface area contributed by atoms with Crippen molar-refractivity contribution >= 4 is 60.2 Å². The van der Waals surface area contributed by atoms with Crippen molar-refractivity contribution in [3.63, 3.8) is 0 Å². The van der Waals surface area contributed by atoms with Crippen LogP contribution in [0.1, 0.15) is 23.4 Å². The van der Waals surface area contributed by atoms with Gasteiger partial charge in [0.15, 0.2) is 0 Å². The maximum Gasteiger partial charge on any atom is 0.0645 e. The van der Waals surface area contributed by atoms with Gasteiger partial charge in [0.05, 0.1) is 23.5 Å². The van der Waals surface area contributed by atoms with Gasteiger partial charge in [-0.2, -0.15) is 0 Å². The van der Waals surface area contributed by atoms with E-state index in [4.69, 9.17) is 12.3 Å². The summed E-state index contributed by atoms with van der Waals surface area (Å²) in [5.41, 5.74) is 1.93. The van der Waals surface area contributed by atoms with Crippen molar-refractivity contribution in [2.24, 2.45) is 0 Å². The molecule has 254 valence electrons. The van der Waals surface area contributed by atoms with Crippen LogP contribution in [0.25, 0.3) is 76.5 Å². The molecule has 0 N–H and O–H groups in total. The number of hydrogen-bond donors (Lipinski definition) is 0. The molecule has 54 heavy (non-hydrogen) atoms. The SMILES string of the molecule is [2H]c1c([2H])c([2H])c(-c2c([2H])c([2H])c(-c3c([2H])c([2H])c(N(c4ccc(-c5cc6cc(C)ccc6c6ccccc56)cc4)c4cc5ccccc5c5ccccc45)c([2H])c3[2H])c([2H])c2[2H])c([2H])c1[2H]. The highest BCUT2D eigenvalue weighted by atomic mass is 15.1. The van der Waals surface area contributed by atoms with Crippen molar-refractivity contribution in [1.82, 2.24) is 0 Å². The topological polar surface area (TPSA) is 3.24 Å². The van der Waals surface area contributed by atoms with Gasteiger partial charge in [-0.3, -0.25) is 0 Å². The Hall–Kier alpha value is -6.96. The maximum atomic E-state index is 9.68. The van der Waals surface area contributed by atoms with Crippen molar-refractivity contribution in [2.75, 3.05) is 4.90 Å². The van der Waals surface area contributed by atoms with Crippen LogP contribution < -0.4 is 4.90 Å². The largest absolute Gasteiger partial charge is 0.310 e. The Kier molecular flexibility index (Phi) is 5.12. The molecule has 0 aliphatic carbocycles. The van der Waals surface area contributed by atoms with Crippen LogP contribution in [0, 0.1) is 6.92 Å². The second kappa shape index (κ2) is 13.2. The molecule has 0 bridgehead atoms. The predicted molar refractivity (Wildman–Crippen MR) is 232 cm³/mol. The molecule has 0 amide bonds. The highest BCUT2D eigenvalue weighted by Gasteiger charge is 2.18. The fraction of sp³-hybridized carbons (Fsp3) is 0.0189. The Balaban J connectivity index is 1.21. The van der Waals surface area contributed by atoms with E-state index in [2.05, 4.69) is 43.3 Å². The first-order chi connectivity index (χ1) is 32.1. The number of anilines is 3. The molecule has 1 heteroatoms. The monoisotopic (exact) mass is 700 g/mol. The molecule has 0 spiro atoms. The number of benzene rings is 10. The molecule has 0 fully saturated rings. The summed E-state index contributed by atoms with van der Waals surface area (Å²) < 4.78 is 116. The zero-order valence-corrected chi connectivity index (χ0v) is 29.1. The normalized spacial score (nSPS) is 14.8. The summed E-state index contributed by atoms with van der Waals surface area (Å²) in [6.07, 6.45) is 0. The summed E-state index contributed by atoms with van der Waals surface area (Å²) in [4.78, 5) is 1.70. The van der Waals surface area contributed by atoms with E-state index in [-0.39, 0.29) is 5.69 Å². The van der Waals surface area contributed by atoms with Gasteiger partial charge >= 0.3 is 0 Å². The fourth-order valence-electron chi connectivity index (χ4n) is 7.35. The molecule has 10 aromatic rings. The minimum Gasteiger partial charge on any atom is -0.310 e. The lowest BCUT2D eigenvalue weighted by Crippen LogP contribution is -2.10. The minimum atomic E-state index is -0.769. The third-order valence-corrected chi connectivity index (χ3v) is 9.90. The third kappa shape index (κ3) is 5.59. The Morgan fingerprint density at radius 3 is 1.59 bits per heavy atom. The first-order valence-electron chi connectivity index (χ1n) is 24.1. The Morgan fingerprint density at radius 2 is 0.907 bits per heavy atom. The molecular formula is C53H37N. The van der Waals surface area contributed by atoms with E-state index >= 15 is 0 Å². The highest BCUT2D eigenvalue weighted by molar-refractivity contribution is 6.15. The first-order valence-corrected chi connectivity index (χ1v) is 17.6. The molecule has 0 saturated heterocycles. The van der Waals surface area contributed by atoms with E-state index in [9.17, 15) is 5.48 Å². The molecule has 0 saturated carbocycles. The fourth-order valence-corrected chi connectivity index (χ4v) is 7.35. The lowest BCUT2D eigenvalue weighted by Gasteiger charge is -2.28.